The Hall–Kier alpha value is -3.15. The normalized spacial score (nSPS) is 15.6. The molecule has 4 aromatic rings. The Morgan fingerprint density at radius 1 is 0.941 bits per heavy atom. The van der Waals surface area contributed by atoms with E-state index in [1.807, 2.05) is 60.4 Å². The Morgan fingerprint density at radius 2 is 1.74 bits per heavy atom. The molecule has 0 bridgehead atoms. The molecule has 172 valence electrons. The molecule has 1 heterocycles. The average Bonchev–Trinajstić information content (AvgIpc) is 3.25. The summed E-state index contributed by atoms with van der Waals surface area (Å²) in [5.41, 5.74) is 2.95. The molecule has 34 heavy (non-hydrogen) atoms. The highest BCUT2D eigenvalue weighted by Crippen LogP contribution is 2.44. The summed E-state index contributed by atoms with van der Waals surface area (Å²) in [6.45, 7) is 2.91. The predicted molar refractivity (Wildman–Crippen MR) is 140 cm³/mol. The number of carbonyl (C=O) groups excluding carboxylic acids is 1. The molecule has 4 nitrogen and oxygen atoms in total. The molecule has 1 aliphatic heterocycles. The largest absolute Gasteiger partial charge is 0.490 e. The smallest absolute Gasteiger partial charge is 0.238 e. The van der Waals surface area contributed by atoms with Crippen LogP contribution in [0.3, 0.4) is 0 Å². The number of amides is 1. The molecule has 0 N–H and O–H groups in total. The first-order valence-corrected chi connectivity index (χ1v) is 12.6. The summed E-state index contributed by atoms with van der Waals surface area (Å²) in [6.07, 6.45) is 0. The van der Waals surface area contributed by atoms with Crippen LogP contribution in [0.2, 0.25) is 5.02 Å². The molecule has 1 aliphatic rings. The second kappa shape index (κ2) is 10.00. The van der Waals surface area contributed by atoms with Gasteiger partial charge in [0.25, 0.3) is 0 Å². The molecule has 4 aromatic carbocycles. The number of rotatable bonds is 7. The Morgan fingerprint density at radius 3 is 2.56 bits per heavy atom. The second-order valence-electron chi connectivity index (χ2n) is 7.97. The van der Waals surface area contributed by atoms with Crippen LogP contribution in [0.5, 0.6) is 11.5 Å². The molecule has 0 radical (unpaired) electrons. The lowest BCUT2D eigenvalue weighted by molar-refractivity contribution is -0.115. The van der Waals surface area contributed by atoms with Crippen LogP contribution in [0.4, 0.5) is 5.69 Å². The summed E-state index contributed by atoms with van der Waals surface area (Å²) in [5, 5.41) is 2.87. The zero-order valence-electron chi connectivity index (χ0n) is 18.7. The van der Waals surface area contributed by atoms with Crippen LogP contribution < -0.4 is 14.4 Å². The molecular formula is C28H24ClNO3S. The van der Waals surface area contributed by atoms with Crippen LogP contribution in [0.25, 0.3) is 10.8 Å². The summed E-state index contributed by atoms with van der Waals surface area (Å²) in [4.78, 5) is 14.5. The molecule has 1 amide bonds. The van der Waals surface area contributed by atoms with E-state index in [4.69, 9.17) is 21.1 Å². The maximum absolute atomic E-state index is 12.7. The van der Waals surface area contributed by atoms with Crippen LogP contribution in [0, 0.1) is 0 Å². The number of anilines is 1. The van der Waals surface area contributed by atoms with Gasteiger partial charge in [-0.15, -0.1) is 11.8 Å². The van der Waals surface area contributed by atoms with E-state index >= 15 is 0 Å². The van der Waals surface area contributed by atoms with E-state index in [9.17, 15) is 4.79 Å². The molecule has 1 saturated heterocycles. The fourth-order valence-corrected chi connectivity index (χ4v) is 5.48. The van der Waals surface area contributed by atoms with E-state index in [2.05, 4.69) is 24.3 Å². The monoisotopic (exact) mass is 489 g/mol. The lowest BCUT2D eigenvalue weighted by Gasteiger charge is -2.25. The van der Waals surface area contributed by atoms with E-state index in [1.54, 1.807) is 23.9 Å². The Bertz CT molecular complexity index is 1320. The minimum Gasteiger partial charge on any atom is -0.490 e. The van der Waals surface area contributed by atoms with Crippen molar-refractivity contribution in [3.63, 3.8) is 0 Å². The number of thioether (sulfide) groups is 1. The van der Waals surface area contributed by atoms with E-state index in [-0.39, 0.29) is 11.3 Å². The van der Waals surface area contributed by atoms with Crippen LogP contribution >= 0.6 is 23.4 Å². The molecular weight excluding hydrogens is 466 g/mol. The van der Waals surface area contributed by atoms with Crippen molar-refractivity contribution >= 4 is 45.7 Å². The highest BCUT2D eigenvalue weighted by molar-refractivity contribution is 8.00. The molecule has 1 fully saturated rings. The first-order chi connectivity index (χ1) is 16.6. The zero-order chi connectivity index (χ0) is 23.5. The van der Waals surface area contributed by atoms with Crippen LogP contribution in [0.15, 0.2) is 84.9 Å². The van der Waals surface area contributed by atoms with Crippen LogP contribution in [-0.2, 0) is 11.4 Å². The van der Waals surface area contributed by atoms with Gasteiger partial charge >= 0.3 is 0 Å². The average molecular weight is 490 g/mol. The number of halogens is 1. The third-order valence-corrected chi connectivity index (χ3v) is 7.25. The van der Waals surface area contributed by atoms with E-state index in [0.29, 0.717) is 35.5 Å². The molecule has 0 aliphatic carbocycles. The van der Waals surface area contributed by atoms with Gasteiger partial charge in [0.05, 0.1) is 12.4 Å². The molecule has 5 rings (SSSR count). The third-order valence-electron chi connectivity index (χ3n) is 5.79. The quantitative estimate of drug-likeness (QED) is 0.274. The highest BCUT2D eigenvalue weighted by atomic mass is 35.5. The SMILES string of the molecule is CCOc1cc([C@@H]2SCC(=O)N2c2ccc(Cl)cc2)ccc1OCc1cccc2ccccc12. The highest BCUT2D eigenvalue weighted by Gasteiger charge is 2.34. The van der Waals surface area contributed by atoms with Crippen molar-refractivity contribution in [2.24, 2.45) is 0 Å². The van der Waals surface area contributed by atoms with Gasteiger partial charge in [0, 0.05) is 10.7 Å². The van der Waals surface area contributed by atoms with Gasteiger partial charge in [0.1, 0.15) is 12.0 Å². The number of hydrogen-bond acceptors (Lipinski definition) is 4. The number of hydrogen-bond donors (Lipinski definition) is 0. The number of nitrogens with zero attached hydrogens (tertiary/aromatic N) is 1. The topological polar surface area (TPSA) is 38.8 Å². The fraction of sp³-hybridized carbons (Fsp3) is 0.179. The van der Waals surface area contributed by atoms with Crippen molar-refractivity contribution in [2.75, 3.05) is 17.3 Å². The summed E-state index contributed by atoms with van der Waals surface area (Å²) in [6, 6.07) is 27.8. The van der Waals surface area contributed by atoms with Crippen molar-refractivity contribution in [2.45, 2.75) is 18.9 Å². The van der Waals surface area contributed by atoms with Gasteiger partial charge in [-0.3, -0.25) is 9.69 Å². The predicted octanol–water partition coefficient (Wildman–Crippen LogP) is 7.25. The molecule has 0 aromatic heterocycles. The zero-order valence-corrected chi connectivity index (χ0v) is 20.3. The lowest BCUT2D eigenvalue weighted by atomic mass is 10.1. The maximum atomic E-state index is 12.7. The lowest BCUT2D eigenvalue weighted by Crippen LogP contribution is -2.27. The first-order valence-electron chi connectivity index (χ1n) is 11.2. The Balaban J connectivity index is 1.41. The molecule has 0 unspecified atom stereocenters. The third kappa shape index (κ3) is 4.59. The number of carbonyl (C=O) groups is 1. The van der Waals surface area contributed by atoms with Crippen molar-refractivity contribution in [1.82, 2.24) is 0 Å². The minimum absolute atomic E-state index is 0.0755. The minimum atomic E-state index is -0.139. The Kier molecular flexibility index (Phi) is 6.66. The first kappa shape index (κ1) is 22.6. The van der Waals surface area contributed by atoms with Crippen molar-refractivity contribution in [1.29, 1.82) is 0 Å². The fourth-order valence-electron chi connectivity index (χ4n) is 4.19. The van der Waals surface area contributed by atoms with Gasteiger partial charge in [-0.25, -0.2) is 0 Å². The van der Waals surface area contributed by atoms with E-state index in [1.165, 1.54) is 10.8 Å². The van der Waals surface area contributed by atoms with Crippen molar-refractivity contribution in [3.8, 4) is 11.5 Å². The number of ether oxygens (including phenoxy) is 2. The maximum Gasteiger partial charge on any atom is 0.238 e. The Labute approximate surface area is 208 Å². The molecule has 0 saturated carbocycles. The van der Waals surface area contributed by atoms with Gasteiger partial charge in [-0.2, -0.15) is 0 Å². The molecule has 1 atom stereocenters. The van der Waals surface area contributed by atoms with Crippen LogP contribution in [0.1, 0.15) is 23.4 Å². The molecule has 0 spiro atoms. The van der Waals surface area contributed by atoms with Gasteiger partial charge in [0.15, 0.2) is 11.5 Å². The van der Waals surface area contributed by atoms with Gasteiger partial charge in [-0.1, -0.05) is 60.1 Å². The number of fused-ring (bicyclic) bond motifs is 1. The van der Waals surface area contributed by atoms with Gasteiger partial charge < -0.3 is 9.47 Å². The second-order valence-corrected chi connectivity index (χ2v) is 9.47. The van der Waals surface area contributed by atoms with Gasteiger partial charge in [0.2, 0.25) is 5.91 Å². The molecule has 6 heteroatoms. The van der Waals surface area contributed by atoms with Crippen molar-refractivity contribution < 1.29 is 14.3 Å². The van der Waals surface area contributed by atoms with E-state index in [0.717, 1.165) is 16.8 Å². The van der Waals surface area contributed by atoms with Crippen LogP contribution in [-0.4, -0.2) is 18.3 Å². The summed E-state index contributed by atoms with van der Waals surface area (Å²) in [7, 11) is 0. The van der Waals surface area contributed by atoms with E-state index < -0.39 is 0 Å². The van der Waals surface area contributed by atoms with Gasteiger partial charge in [-0.05, 0) is 65.2 Å². The number of benzene rings is 4. The summed E-state index contributed by atoms with van der Waals surface area (Å²) < 4.78 is 12.2. The van der Waals surface area contributed by atoms with Crippen molar-refractivity contribution in [3.05, 3.63) is 101 Å². The summed E-state index contributed by atoms with van der Waals surface area (Å²) in [5.74, 6) is 1.87. The standard InChI is InChI=1S/C28H24ClNO3S/c1-2-32-26-16-20(28-30(27(31)18-34-28)23-13-11-22(29)12-14-23)10-15-25(26)33-17-21-8-5-7-19-6-3-4-9-24(19)21/h3-16,28H,2,17-18H2,1H3/t28-/m0/s1. The summed E-state index contributed by atoms with van der Waals surface area (Å²) >= 11 is 7.65.